The van der Waals surface area contributed by atoms with Gasteiger partial charge >= 0.3 is 13.3 Å². The lowest BCUT2D eigenvalue weighted by Gasteiger charge is -2.36. The Morgan fingerprint density at radius 1 is 1.26 bits per heavy atom. The van der Waals surface area contributed by atoms with Crippen molar-refractivity contribution in [3.8, 4) is 0 Å². The smallest absolute Gasteiger partial charge is 0.359 e. The van der Waals surface area contributed by atoms with Gasteiger partial charge in [0, 0.05) is 18.7 Å². The fourth-order valence-corrected chi connectivity index (χ4v) is 5.17. The Bertz CT molecular complexity index is 983. The Balaban J connectivity index is 1.86. The van der Waals surface area contributed by atoms with Gasteiger partial charge in [0.1, 0.15) is 12.2 Å². The molecule has 0 saturated carbocycles. The van der Waals surface area contributed by atoms with Gasteiger partial charge in [0.15, 0.2) is 17.4 Å². The number of hydrogen-bond acceptors (Lipinski definition) is 8. The molecule has 0 aliphatic carbocycles. The fourth-order valence-electron chi connectivity index (χ4n) is 3.83. The lowest BCUT2D eigenvalue weighted by Crippen LogP contribution is -2.38. The van der Waals surface area contributed by atoms with Gasteiger partial charge in [-0.05, 0) is 41.0 Å². The molecule has 2 saturated heterocycles. The number of aromatic amines is 1. The number of nitrogens with zero attached hydrogens (tertiary/aromatic N) is 1. The van der Waals surface area contributed by atoms with E-state index in [1.165, 1.54) is 23.8 Å². The molecule has 1 aromatic heterocycles. The van der Waals surface area contributed by atoms with E-state index >= 15 is 0 Å². The molecule has 0 radical (unpaired) electrons. The molecule has 3 rings (SSSR count). The summed E-state index contributed by atoms with van der Waals surface area (Å²) in [6.45, 7) is 9.53. The number of H-pyrrole nitrogens is 1. The standard InChI is InChI=1S/C19H31N2O9P/c1-7-19(6,24)31(25,26)30-17(2,3)10-11-13-14(29-18(4,5)28-13)15(27-11)21-9-8-12(22)20-16(21)23/h8-9,11,13-15,24H,7,10H2,1-6H3,(H,25,26)(H,20,22,23)/t11-,13-,14-,15-,19?/m1/s1. The minimum Gasteiger partial charge on any atom is -0.378 e. The number of ether oxygens (including phenoxy) is 3. The van der Waals surface area contributed by atoms with E-state index in [-0.39, 0.29) is 12.8 Å². The second-order valence-electron chi connectivity index (χ2n) is 9.29. The van der Waals surface area contributed by atoms with Crippen molar-refractivity contribution in [1.29, 1.82) is 0 Å². The summed E-state index contributed by atoms with van der Waals surface area (Å²) in [6.07, 6.45) is -1.31. The molecular formula is C19H31N2O9P. The minimum absolute atomic E-state index is 0.0316. The second kappa shape index (κ2) is 7.91. The summed E-state index contributed by atoms with van der Waals surface area (Å²) in [4.78, 5) is 36.2. The summed E-state index contributed by atoms with van der Waals surface area (Å²) < 4.78 is 37.4. The van der Waals surface area contributed by atoms with E-state index in [1.807, 2.05) is 0 Å². The minimum atomic E-state index is -4.38. The topological polar surface area (TPSA) is 149 Å². The van der Waals surface area contributed by atoms with Crippen molar-refractivity contribution < 1.29 is 33.3 Å². The third-order valence-electron chi connectivity index (χ3n) is 5.59. The molecule has 31 heavy (non-hydrogen) atoms. The van der Waals surface area contributed by atoms with Crippen molar-refractivity contribution in [2.75, 3.05) is 0 Å². The largest absolute Gasteiger partial charge is 0.378 e. The zero-order valence-corrected chi connectivity index (χ0v) is 19.4. The number of rotatable bonds is 7. The quantitative estimate of drug-likeness (QED) is 0.512. The fraction of sp³-hybridized carbons (Fsp3) is 0.789. The summed E-state index contributed by atoms with van der Waals surface area (Å²) in [6, 6.07) is 1.20. The van der Waals surface area contributed by atoms with Crippen LogP contribution in [0.1, 0.15) is 60.6 Å². The lowest BCUT2D eigenvalue weighted by molar-refractivity contribution is -0.201. The number of aromatic nitrogens is 2. The first-order chi connectivity index (χ1) is 14.1. The van der Waals surface area contributed by atoms with E-state index in [2.05, 4.69) is 4.98 Å². The molecule has 0 bridgehead atoms. The Hall–Kier alpha value is -1.33. The van der Waals surface area contributed by atoms with E-state index < -0.39 is 60.1 Å². The second-order valence-corrected chi connectivity index (χ2v) is 11.5. The molecule has 3 heterocycles. The van der Waals surface area contributed by atoms with Crippen LogP contribution in [0.3, 0.4) is 0 Å². The maximum Gasteiger partial charge on any atom is 0.359 e. The summed E-state index contributed by atoms with van der Waals surface area (Å²) in [7, 11) is -4.38. The van der Waals surface area contributed by atoms with Gasteiger partial charge in [-0.2, -0.15) is 0 Å². The first kappa shape index (κ1) is 24.3. The molecule has 0 spiro atoms. The zero-order valence-electron chi connectivity index (χ0n) is 18.5. The first-order valence-electron chi connectivity index (χ1n) is 10.2. The van der Waals surface area contributed by atoms with Crippen molar-refractivity contribution in [1.82, 2.24) is 9.55 Å². The van der Waals surface area contributed by atoms with Gasteiger partial charge < -0.3 is 28.7 Å². The van der Waals surface area contributed by atoms with Crippen LogP contribution in [-0.4, -0.2) is 54.6 Å². The summed E-state index contributed by atoms with van der Waals surface area (Å²) in [5, 5.41) is 8.36. The predicted octanol–water partition coefficient (Wildman–Crippen LogP) is 1.44. The third kappa shape index (κ3) is 4.88. The highest BCUT2D eigenvalue weighted by Gasteiger charge is 2.57. The zero-order chi connectivity index (χ0) is 23.4. The van der Waals surface area contributed by atoms with Gasteiger partial charge in [-0.3, -0.25) is 18.9 Å². The van der Waals surface area contributed by atoms with Gasteiger partial charge in [-0.1, -0.05) is 6.92 Å². The van der Waals surface area contributed by atoms with Crippen LogP contribution < -0.4 is 11.2 Å². The van der Waals surface area contributed by atoms with Crippen molar-refractivity contribution in [2.24, 2.45) is 0 Å². The van der Waals surface area contributed by atoms with Crippen molar-refractivity contribution in [3.05, 3.63) is 33.1 Å². The molecule has 2 fully saturated rings. The monoisotopic (exact) mass is 462 g/mol. The normalized spacial score (nSPS) is 31.7. The van der Waals surface area contributed by atoms with Crippen LogP contribution in [-0.2, 0) is 23.3 Å². The highest BCUT2D eigenvalue weighted by Crippen LogP contribution is 2.58. The Morgan fingerprint density at radius 3 is 2.45 bits per heavy atom. The maximum atomic E-state index is 12.7. The molecular weight excluding hydrogens is 431 g/mol. The van der Waals surface area contributed by atoms with Crippen molar-refractivity contribution in [2.45, 2.75) is 95.7 Å². The molecule has 2 aliphatic rings. The highest BCUT2D eigenvalue weighted by molar-refractivity contribution is 7.54. The van der Waals surface area contributed by atoms with E-state index in [4.69, 9.17) is 18.7 Å². The summed E-state index contributed by atoms with van der Waals surface area (Å²) >= 11 is 0. The van der Waals surface area contributed by atoms with E-state index in [0.717, 1.165) is 0 Å². The molecule has 1 aromatic rings. The van der Waals surface area contributed by atoms with Gasteiger partial charge in [0.05, 0.1) is 11.7 Å². The summed E-state index contributed by atoms with van der Waals surface area (Å²) in [5.41, 5.74) is -2.37. The molecule has 2 unspecified atom stereocenters. The van der Waals surface area contributed by atoms with Crippen LogP contribution >= 0.6 is 7.60 Å². The number of nitrogens with one attached hydrogen (secondary N) is 1. The average molecular weight is 462 g/mol. The molecule has 11 nitrogen and oxygen atoms in total. The van der Waals surface area contributed by atoms with Gasteiger partial charge in [0.2, 0.25) is 0 Å². The number of aliphatic hydroxyl groups is 1. The lowest BCUT2D eigenvalue weighted by atomic mass is 9.97. The molecule has 12 heteroatoms. The highest BCUT2D eigenvalue weighted by atomic mass is 31.2. The van der Waals surface area contributed by atoms with Crippen LogP contribution in [0.5, 0.6) is 0 Å². The van der Waals surface area contributed by atoms with Crippen LogP contribution in [0.15, 0.2) is 21.9 Å². The van der Waals surface area contributed by atoms with Gasteiger partial charge in [-0.15, -0.1) is 0 Å². The molecule has 3 N–H and O–H groups in total. The van der Waals surface area contributed by atoms with E-state index in [0.29, 0.717) is 0 Å². The Labute approximate surface area is 179 Å². The average Bonchev–Trinajstić information content (AvgIpc) is 3.07. The van der Waals surface area contributed by atoms with E-state index in [9.17, 15) is 24.2 Å². The van der Waals surface area contributed by atoms with Crippen LogP contribution in [0.4, 0.5) is 0 Å². The SMILES string of the molecule is CCC(C)(O)P(=O)(O)OC(C)(C)C[C@H]1O[C@@H](n2ccc(=O)[nH]c2=O)[C@@H]2OC(C)(C)O[C@@H]21. The van der Waals surface area contributed by atoms with Gasteiger partial charge in [-0.25, -0.2) is 4.79 Å². The first-order valence-corrected chi connectivity index (χ1v) is 11.7. The van der Waals surface area contributed by atoms with Crippen LogP contribution in [0.2, 0.25) is 0 Å². The molecule has 6 atom stereocenters. The maximum absolute atomic E-state index is 12.7. The van der Waals surface area contributed by atoms with E-state index in [1.54, 1.807) is 34.6 Å². The summed E-state index contributed by atoms with van der Waals surface area (Å²) in [5.74, 6) is -0.940. The number of fused-ring (bicyclic) bond motifs is 1. The number of hydrogen-bond donors (Lipinski definition) is 3. The predicted molar refractivity (Wildman–Crippen MR) is 110 cm³/mol. The Morgan fingerprint density at radius 2 is 1.87 bits per heavy atom. The van der Waals surface area contributed by atoms with Crippen LogP contribution in [0.25, 0.3) is 0 Å². The van der Waals surface area contributed by atoms with Crippen LogP contribution in [0, 0.1) is 0 Å². The molecule has 176 valence electrons. The molecule has 0 amide bonds. The molecule has 0 aromatic carbocycles. The van der Waals surface area contributed by atoms with Crippen molar-refractivity contribution >= 4 is 7.60 Å². The third-order valence-corrected chi connectivity index (χ3v) is 7.87. The van der Waals surface area contributed by atoms with Crippen molar-refractivity contribution in [3.63, 3.8) is 0 Å². The Kier molecular flexibility index (Phi) is 6.21. The van der Waals surface area contributed by atoms with Gasteiger partial charge in [0.25, 0.3) is 5.56 Å². The molecule has 2 aliphatic heterocycles.